The smallest absolute Gasteiger partial charge is 0.303 e. The van der Waals surface area contributed by atoms with E-state index < -0.39 is 5.97 Å². The minimum Gasteiger partial charge on any atom is -0.481 e. The van der Waals surface area contributed by atoms with Gasteiger partial charge in [0.1, 0.15) is 0 Å². The standard InChI is InChI=1S/C12H15ClO2/c1-8-6-7-11(13)9(2)10(8)4-3-5-12(14)15/h6-7H,3-5H2,1-2H3,(H,14,15). The van der Waals surface area contributed by atoms with Gasteiger partial charge < -0.3 is 5.11 Å². The number of rotatable bonds is 4. The molecule has 0 fully saturated rings. The lowest BCUT2D eigenvalue weighted by Crippen LogP contribution is -1.99. The monoisotopic (exact) mass is 226 g/mol. The van der Waals surface area contributed by atoms with Gasteiger partial charge in [-0.05, 0) is 49.4 Å². The minimum absolute atomic E-state index is 0.214. The third-order valence-electron chi connectivity index (χ3n) is 2.58. The molecular weight excluding hydrogens is 212 g/mol. The van der Waals surface area contributed by atoms with Crippen LogP contribution >= 0.6 is 11.6 Å². The molecule has 0 bridgehead atoms. The predicted octanol–water partition coefficient (Wildman–Crippen LogP) is 3.36. The van der Waals surface area contributed by atoms with Gasteiger partial charge in [0.15, 0.2) is 0 Å². The van der Waals surface area contributed by atoms with Crippen molar-refractivity contribution in [1.82, 2.24) is 0 Å². The Morgan fingerprint density at radius 3 is 2.67 bits per heavy atom. The molecule has 0 amide bonds. The number of hydrogen-bond donors (Lipinski definition) is 1. The maximum Gasteiger partial charge on any atom is 0.303 e. The zero-order valence-corrected chi connectivity index (χ0v) is 9.77. The maximum atomic E-state index is 10.4. The van der Waals surface area contributed by atoms with Gasteiger partial charge in [-0.15, -0.1) is 0 Å². The Morgan fingerprint density at radius 1 is 1.40 bits per heavy atom. The van der Waals surface area contributed by atoms with Crippen molar-refractivity contribution < 1.29 is 9.90 Å². The first-order valence-corrected chi connectivity index (χ1v) is 5.36. The molecule has 0 aliphatic rings. The Balaban J connectivity index is 2.75. The van der Waals surface area contributed by atoms with Gasteiger partial charge >= 0.3 is 5.97 Å². The van der Waals surface area contributed by atoms with Crippen LogP contribution in [0.1, 0.15) is 29.5 Å². The van der Waals surface area contributed by atoms with Crippen LogP contribution in [0.5, 0.6) is 0 Å². The summed E-state index contributed by atoms with van der Waals surface area (Å²) in [4.78, 5) is 10.4. The average molecular weight is 227 g/mol. The zero-order chi connectivity index (χ0) is 11.4. The van der Waals surface area contributed by atoms with Crippen LogP contribution in [0.3, 0.4) is 0 Å². The van der Waals surface area contributed by atoms with E-state index in [0.29, 0.717) is 6.42 Å². The van der Waals surface area contributed by atoms with Gasteiger partial charge in [0.05, 0.1) is 0 Å². The molecule has 0 unspecified atom stereocenters. The molecule has 0 saturated carbocycles. The Bertz CT molecular complexity index is 372. The second-order valence-electron chi connectivity index (χ2n) is 3.72. The quantitative estimate of drug-likeness (QED) is 0.855. The molecule has 15 heavy (non-hydrogen) atoms. The molecule has 0 aromatic heterocycles. The molecule has 0 aliphatic carbocycles. The van der Waals surface area contributed by atoms with Crippen LogP contribution < -0.4 is 0 Å². The van der Waals surface area contributed by atoms with E-state index >= 15 is 0 Å². The van der Waals surface area contributed by atoms with Crippen LogP contribution in [0.2, 0.25) is 5.02 Å². The second-order valence-corrected chi connectivity index (χ2v) is 4.12. The lowest BCUT2D eigenvalue weighted by Gasteiger charge is -2.10. The summed E-state index contributed by atoms with van der Waals surface area (Å²) in [5.41, 5.74) is 3.44. The van der Waals surface area contributed by atoms with Gasteiger partial charge in [0, 0.05) is 11.4 Å². The van der Waals surface area contributed by atoms with Crippen molar-refractivity contribution in [2.45, 2.75) is 33.1 Å². The molecule has 0 heterocycles. The van der Waals surface area contributed by atoms with Crippen LogP contribution in [0.4, 0.5) is 0 Å². The number of carbonyl (C=O) groups is 1. The molecule has 0 aliphatic heterocycles. The highest BCUT2D eigenvalue weighted by molar-refractivity contribution is 6.31. The zero-order valence-electron chi connectivity index (χ0n) is 9.01. The summed E-state index contributed by atoms with van der Waals surface area (Å²) in [6.07, 6.45) is 1.66. The average Bonchev–Trinajstić information content (AvgIpc) is 2.17. The Labute approximate surface area is 94.9 Å². The first-order chi connectivity index (χ1) is 7.02. The Morgan fingerprint density at radius 2 is 2.07 bits per heavy atom. The molecule has 0 radical (unpaired) electrons. The molecule has 1 aromatic carbocycles. The number of hydrogen-bond acceptors (Lipinski definition) is 1. The van der Waals surface area contributed by atoms with Crippen LogP contribution in [0.15, 0.2) is 12.1 Å². The highest BCUT2D eigenvalue weighted by Crippen LogP contribution is 2.23. The third kappa shape index (κ3) is 3.24. The van der Waals surface area contributed by atoms with E-state index in [1.165, 1.54) is 11.1 Å². The van der Waals surface area contributed by atoms with Gasteiger partial charge in [-0.25, -0.2) is 0 Å². The summed E-state index contributed by atoms with van der Waals surface area (Å²) in [6, 6.07) is 3.86. The van der Waals surface area contributed by atoms with Crippen LogP contribution in [-0.2, 0) is 11.2 Å². The second kappa shape index (κ2) is 5.17. The first kappa shape index (κ1) is 12.1. The number of halogens is 1. The van der Waals surface area contributed by atoms with Crippen LogP contribution in [-0.4, -0.2) is 11.1 Å². The summed E-state index contributed by atoms with van der Waals surface area (Å²) >= 11 is 6.01. The van der Waals surface area contributed by atoms with Crippen molar-refractivity contribution in [2.75, 3.05) is 0 Å². The van der Waals surface area contributed by atoms with Gasteiger partial charge in [-0.1, -0.05) is 17.7 Å². The van der Waals surface area contributed by atoms with Crippen molar-refractivity contribution in [3.63, 3.8) is 0 Å². The number of benzene rings is 1. The van der Waals surface area contributed by atoms with E-state index in [1.54, 1.807) is 0 Å². The number of carboxylic acid groups (broad SMARTS) is 1. The van der Waals surface area contributed by atoms with E-state index in [-0.39, 0.29) is 6.42 Å². The van der Waals surface area contributed by atoms with Crippen molar-refractivity contribution >= 4 is 17.6 Å². The van der Waals surface area contributed by atoms with Gasteiger partial charge in [0.2, 0.25) is 0 Å². The van der Waals surface area contributed by atoms with Gasteiger partial charge in [-0.2, -0.15) is 0 Å². The van der Waals surface area contributed by atoms with E-state index in [1.807, 2.05) is 26.0 Å². The summed E-state index contributed by atoms with van der Waals surface area (Å²) in [7, 11) is 0. The summed E-state index contributed by atoms with van der Waals surface area (Å²) < 4.78 is 0. The van der Waals surface area contributed by atoms with Crippen LogP contribution in [0.25, 0.3) is 0 Å². The molecule has 3 heteroatoms. The molecule has 0 spiro atoms. The number of aliphatic carboxylic acids is 1. The summed E-state index contributed by atoms with van der Waals surface area (Å²) in [6.45, 7) is 4.00. The molecule has 0 atom stereocenters. The molecule has 1 N–H and O–H groups in total. The highest BCUT2D eigenvalue weighted by Gasteiger charge is 2.06. The van der Waals surface area contributed by atoms with Crippen molar-refractivity contribution in [3.05, 3.63) is 33.8 Å². The van der Waals surface area contributed by atoms with E-state index in [2.05, 4.69) is 0 Å². The fourth-order valence-corrected chi connectivity index (χ4v) is 1.84. The predicted molar refractivity (Wildman–Crippen MR) is 61.5 cm³/mol. The van der Waals surface area contributed by atoms with Crippen LogP contribution in [0, 0.1) is 13.8 Å². The molecule has 1 rings (SSSR count). The minimum atomic E-state index is -0.743. The van der Waals surface area contributed by atoms with Crippen molar-refractivity contribution in [1.29, 1.82) is 0 Å². The number of carboxylic acids is 1. The van der Waals surface area contributed by atoms with E-state index in [0.717, 1.165) is 17.0 Å². The van der Waals surface area contributed by atoms with Gasteiger partial charge in [0.25, 0.3) is 0 Å². The fourth-order valence-electron chi connectivity index (χ4n) is 1.66. The first-order valence-electron chi connectivity index (χ1n) is 4.98. The lowest BCUT2D eigenvalue weighted by atomic mass is 9.98. The molecule has 0 saturated heterocycles. The van der Waals surface area contributed by atoms with Crippen molar-refractivity contribution in [2.24, 2.45) is 0 Å². The Hall–Kier alpha value is -1.02. The van der Waals surface area contributed by atoms with E-state index in [4.69, 9.17) is 16.7 Å². The lowest BCUT2D eigenvalue weighted by molar-refractivity contribution is -0.137. The Kier molecular flexibility index (Phi) is 4.15. The van der Waals surface area contributed by atoms with Gasteiger partial charge in [-0.3, -0.25) is 4.79 Å². The topological polar surface area (TPSA) is 37.3 Å². The maximum absolute atomic E-state index is 10.4. The molecular formula is C12H15ClO2. The highest BCUT2D eigenvalue weighted by atomic mass is 35.5. The summed E-state index contributed by atoms with van der Waals surface area (Å²) in [5.74, 6) is -0.743. The third-order valence-corrected chi connectivity index (χ3v) is 2.99. The molecule has 82 valence electrons. The largest absolute Gasteiger partial charge is 0.481 e. The fraction of sp³-hybridized carbons (Fsp3) is 0.417. The summed E-state index contributed by atoms with van der Waals surface area (Å²) in [5, 5.41) is 9.31. The van der Waals surface area contributed by atoms with Crippen molar-refractivity contribution in [3.8, 4) is 0 Å². The van der Waals surface area contributed by atoms with E-state index in [9.17, 15) is 4.79 Å². The molecule has 2 nitrogen and oxygen atoms in total. The molecule has 1 aromatic rings. The SMILES string of the molecule is Cc1ccc(Cl)c(C)c1CCCC(=O)O. The normalized spacial score (nSPS) is 10.3. The number of aryl methyl sites for hydroxylation is 1.